The summed E-state index contributed by atoms with van der Waals surface area (Å²) in [5, 5.41) is 2.52. The van der Waals surface area contributed by atoms with Crippen LogP contribution in [0.3, 0.4) is 0 Å². The lowest BCUT2D eigenvalue weighted by molar-refractivity contribution is -0.128. The first-order valence-corrected chi connectivity index (χ1v) is 6.23. The zero-order valence-corrected chi connectivity index (χ0v) is 10.8. The van der Waals surface area contributed by atoms with E-state index in [1.807, 2.05) is 31.2 Å². The van der Waals surface area contributed by atoms with E-state index in [1.54, 1.807) is 0 Å². The van der Waals surface area contributed by atoms with Crippen LogP contribution in [0.2, 0.25) is 0 Å². The molecular weight excluding hydrogens is 244 g/mol. The van der Waals surface area contributed by atoms with Crippen molar-refractivity contribution in [1.29, 1.82) is 0 Å². The molecule has 1 saturated heterocycles. The number of para-hydroxylation sites is 1. The summed E-state index contributed by atoms with van der Waals surface area (Å²) in [4.78, 5) is 35.5. The molecule has 1 N–H and O–H groups in total. The van der Waals surface area contributed by atoms with Gasteiger partial charge >= 0.3 is 0 Å². The van der Waals surface area contributed by atoms with Crippen molar-refractivity contribution in [2.45, 2.75) is 19.3 Å². The molecule has 19 heavy (non-hydrogen) atoms. The molecule has 2 amide bonds. The highest BCUT2D eigenvalue weighted by Gasteiger charge is 2.26. The fraction of sp³-hybridized carbons (Fsp3) is 0.357. The van der Waals surface area contributed by atoms with Crippen molar-refractivity contribution in [3.8, 4) is 0 Å². The predicted molar refractivity (Wildman–Crippen MR) is 70.9 cm³/mol. The van der Waals surface area contributed by atoms with Crippen LogP contribution in [0.1, 0.15) is 24.8 Å². The van der Waals surface area contributed by atoms with Crippen LogP contribution in [0, 0.1) is 0 Å². The number of anilines is 1. The summed E-state index contributed by atoms with van der Waals surface area (Å²) in [5.74, 6) is -0.283. The molecule has 1 unspecified atom stereocenters. The number of piperazine rings is 1. The maximum absolute atomic E-state index is 11.9. The Bertz CT molecular complexity index is 513. The first-order valence-electron chi connectivity index (χ1n) is 6.23. The zero-order valence-electron chi connectivity index (χ0n) is 10.8. The molecule has 0 saturated carbocycles. The third-order valence-corrected chi connectivity index (χ3v) is 3.25. The molecule has 5 nitrogen and oxygen atoms in total. The maximum atomic E-state index is 11.9. The number of aldehydes is 1. The molecule has 0 spiro atoms. The number of amides is 2. The van der Waals surface area contributed by atoms with E-state index in [4.69, 9.17) is 0 Å². The van der Waals surface area contributed by atoms with Gasteiger partial charge in [-0.05, 0) is 17.5 Å². The second kappa shape index (κ2) is 5.65. The largest absolute Gasteiger partial charge is 0.345 e. The van der Waals surface area contributed by atoms with Crippen LogP contribution in [-0.2, 0) is 14.4 Å². The van der Waals surface area contributed by atoms with E-state index in [1.165, 1.54) is 4.90 Å². The minimum absolute atomic E-state index is 0.0199. The Labute approximate surface area is 111 Å². The average molecular weight is 260 g/mol. The number of rotatable bonds is 4. The quantitative estimate of drug-likeness (QED) is 0.816. The Hall–Kier alpha value is -2.17. The number of nitrogens with one attached hydrogen (secondary N) is 1. The molecule has 1 aromatic carbocycles. The van der Waals surface area contributed by atoms with Crippen molar-refractivity contribution in [2.24, 2.45) is 0 Å². The number of hydrogen-bond donors (Lipinski definition) is 1. The van der Waals surface area contributed by atoms with E-state index in [9.17, 15) is 14.4 Å². The lowest BCUT2D eigenvalue weighted by atomic mass is 9.96. The Morgan fingerprint density at radius 1 is 1.37 bits per heavy atom. The number of carbonyl (C=O) groups excluding carboxylic acids is 3. The molecule has 0 aliphatic carbocycles. The topological polar surface area (TPSA) is 66.5 Å². The van der Waals surface area contributed by atoms with E-state index in [-0.39, 0.29) is 30.8 Å². The van der Waals surface area contributed by atoms with Gasteiger partial charge in [0.25, 0.3) is 0 Å². The molecule has 1 atom stereocenters. The number of hydrogen-bond acceptors (Lipinski definition) is 3. The molecule has 5 heteroatoms. The van der Waals surface area contributed by atoms with Crippen LogP contribution in [-0.4, -0.2) is 31.2 Å². The number of benzene rings is 1. The predicted octanol–water partition coefficient (Wildman–Crippen LogP) is 0.842. The van der Waals surface area contributed by atoms with Gasteiger partial charge in [-0.1, -0.05) is 25.1 Å². The lowest BCUT2D eigenvalue weighted by Gasteiger charge is -2.29. The van der Waals surface area contributed by atoms with Gasteiger partial charge in [-0.2, -0.15) is 0 Å². The molecule has 1 heterocycles. The summed E-state index contributed by atoms with van der Waals surface area (Å²) in [6.45, 7) is 1.99. The smallest absolute Gasteiger partial charge is 0.246 e. The summed E-state index contributed by atoms with van der Waals surface area (Å²) < 4.78 is 0. The van der Waals surface area contributed by atoms with E-state index < -0.39 is 0 Å². The minimum Gasteiger partial charge on any atom is -0.345 e. The van der Waals surface area contributed by atoms with Gasteiger partial charge in [-0.25, -0.2) is 0 Å². The molecule has 0 aromatic heterocycles. The summed E-state index contributed by atoms with van der Waals surface area (Å²) in [7, 11) is 0. The van der Waals surface area contributed by atoms with Gasteiger partial charge in [0, 0.05) is 12.1 Å². The highest BCUT2D eigenvalue weighted by Crippen LogP contribution is 2.29. The minimum atomic E-state index is -0.169. The fourth-order valence-corrected chi connectivity index (χ4v) is 2.20. The van der Waals surface area contributed by atoms with Gasteiger partial charge in [-0.15, -0.1) is 0 Å². The summed E-state index contributed by atoms with van der Waals surface area (Å²) in [5.41, 5.74) is 1.63. The van der Waals surface area contributed by atoms with Gasteiger partial charge in [0.2, 0.25) is 11.8 Å². The average Bonchev–Trinajstić information content (AvgIpc) is 2.42. The lowest BCUT2D eigenvalue weighted by Crippen LogP contribution is -2.52. The summed E-state index contributed by atoms with van der Waals surface area (Å²) in [6, 6.07) is 7.40. The first-order chi connectivity index (χ1) is 9.13. The van der Waals surface area contributed by atoms with Crippen molar-refractivity contribution < 1.29 is 14.4 Å². The van der Waals surface area contributed by atoms with Crippen molar-refractivity contribution in [3.05, 3.63) is 29.8 Å². The third kappa shape index (κ3) is 2.81. The van der Waals surface area contributed by atoms with Crippen molar-refractivity contribution in [2.75, 3.05) is 18.0 Å². The molecule has 100 valence electrons. The maximum Gasteiger partial charge on any atom is 0.246 e. The van der Waals surface area contributed by atoms with Crippen LogP contribution < -0.4 is 10.2 Å². The monoisotopic (exact) mass is 260 g/mol. The van der Waals surface area contributed by atoms with E-state index >= 15 is 0 Å². The zero-order chi connectivity index (χ0) is 13.8. The van der Waals surface area contributed by atoms with Crippen LogP contribution in [0.15, 0.2) is 24.3 Å². The molecule has 1 aliphatic rings. The van der Waals surface area contributed by atoms with E-state index in [0.29, 0.717) is 6.42 Å². The van der Waals surface area contributed by atoms with Crippen LogP contribution in [0.5, 0.6) is 0 Å². The highest BCUT2D eigenvalue weighted by atomic mass is 16.2. The van der Waals surface area contributed by atoms with Gasteiger partial charge in [0.05, 0.1) is 6.54 Å². The van der Waals surface area contributed by atoms with Crippen LogP contribution >= 0.6 is 0 Å². The second-order valence-corrected chi connectivity index (χ2v) is 4.62. The molecule has 0 radical (unpaired) electrons. The SMILES string of the molecule is CC(CC=O)c1ccccc1N1CC(=O)NCC1=O. The van der Waals surface area contributed by atoms with Crippen molar-refractivity contribution in [1.82, 2.24) is 5.32 Å². The van der Waals surface area contributed by atoms with Crippen LogP contribution in [0.4, 0.5) is 5.69 Å². The molecule has 1 aromatic rings. The summed E-state index contributed by atoms with van der Waals surface area (Å²) in [6.07, 6.45) is 1.26. The Morgan fingerprint density at radius 2 is 2.11 bits per heavy atom. The highest BCUT2D eigenvalue weighted by molar-refractivity contribution is 6.05. The standard InChI is InChI=1S/C14H16N2O3/c1-10(6-7-17)11-4-2-3-5-12(11)16-9-13(18)15-8-14(16)19/h2-5,7,10H,6,8-9H2,1H3,(H,15,18). The number of nitrogens with zero attached hydrogens (tertiary/aromatic N) is 1. The third-order valence-electron chi connectivity index (χ3n) is 3.25. The first kappa shape index (κ1) is 13.3. The number of carbonyl (C=O) groups is 3. The van der Waals surface area contributed by atoms with E-state index in [0.717, 1.165) is 17.5 Å². The molecular formula is C14H16N2O3. The Balaban J connectivity index is 2.35. The summed E-state index contributed by atoms with van der Waals surface area (Å²) >= 11 is 0. The fourth-order valence-electron chi connectivity index (χ4n) is 2.20. The second-order valence-electron chi connectivity index (χ2n) is 4.62. The van der Waals surface area contributed by atoms with Crippen LogP contribution in [0.25, 0.3) is 0 Å². The Kier molecular flexibility index (Phi) is 3.94. The van der Waals surface area contributed by atoms with Gasteiger partial charge in [0.1, 0.15) is 12.8 Å². The normalized spacial score (nSPS) is 17.0. The molecule has 2 rings (SSSR count). The van der Waals surface area contributed by atoms with E-state index in [2.05, 4.69) is 5.32 Å². The molecule has 0 bridgehead atoms. The molecule has 1 fully saturated rings. The van der Waals surface area contributed by atoms with Gasteiger partial charge < -0.3 is 15.0 Å². The van der Waals surface area contributed by atoms with Gasteiger partial charge in [-0.3, -0.25) is 9.59 Å². The molecule has 1 aliphatic heterocycles. The Morgan fingerprint density at radius 3 is 2.84 bits per heavy atom. The van der Waals surface area contributed by atoms with Crippen molar-refractivity contribution >= 4 is 23.8 Å². The van der Waals surface area contributed by atoms with Gasteiger partial charge in [0.15, 0.2) is 0 Å². The van der Waals surface area contributed by atoms with Crippen molar-refractivity contribution in [3.63, 3.8) is 0 Å².